The molecule has 2 rings (SSSR count). The van der Waals surface area contributed by atoms with Crippen LogP contribution in [0.5, 0.6) is 0 Å². The Hall–Kier alpha value is -0.680. The van der Waals surface area contributed by atoms with Gasteiger partial charge in [0.2, 0.25) is 5.13 Å². The predicted octanol–water partition coefficient (Wildman–Crippen LogP) is 2.58. The average Bonchev–Trinajstić information content (AvgIpc) is 2.68. The van der Waals surface area contributed by atoms with Gasteiger partial charge in [0.05, 0.1) is 12.6 Å². The van der Waals surface area contributed by atoms with Gasteiger partial charge in [-0.25, -0.2) is 4.98 Å². The second-order valence-electron chi connectivity index (χ2n) is 6.03. The van der Waals surface area contributed by atoms with Gasteiger partial charge in [0.15, 0.2) is 0 Å². The molecule has 0 aromatic carbocycles. The summed E-state index contributed by atoms with van der Waals surface area (Å²) in [4.78, 5) is 6.92. The summed E-state index contributed by atoms with van der Waals surface area (Å²) in [5.74, 6) is 0.906. The molecule has 0 spiro atoms. The van der Waals surface area contributed by atoms with Gasteiger partial charge in [0.25, 0.3) is 0 Å². The summed E-state index contributed by atoms with van der Waals surface area (Å²) in [5, 5.41) is 10.5. The minimum Gasteiger partial charge on any atom is -0.394 e. The van der Waals surface area contributed by atoms with Gasteiger partial charge >= 0.3 is 0 Å². The van der Waals surface area contributed by atoms with E-state index in [-0.39, 0.29) is 18.1 Å². The maximum absolute atomic E-state index is 9.53. The Labute approximate surface area is 113 Å². The standard InChI is InChI=1S/C13H23N3OS/c1-13(2,3)11-14-12(18-15-11)16-8-6-4-5-7-10(16)9-17/h10,17H,4-9H2,1-3H3. The van der Waals surface area contributed by atoms with Crippen LogP contribution in [-0.4, -0.2) is 33.7 Å². The number of hydrogen-bond donors (Lipinski definition) is 1. The quantitative estimate of drug-likeness (QED) is 0.896. The second-order valence-corrected chi connectivity index (χ2v) is 6.76. The zero-order chi connectivity index (χ0) is 13.2. The molecule has 4 nitrogen and oxygen atoms in total. The minimum atomic E-state index is -0.00465. The molecular formula is C13H23N3OS. The smallest absolute Gasteiger partial charge is 0.205 e. The summed E-state index contributed by atoms with van der Waals surface area (Å²) >= 11 is 1.47. The number of nitrogens with zero attached hydrogens (tertiary/aromatic N) is 3. The van der Waals surface area contributed by atoms with Crippen LogP contribution in [-0.2, 0) is 5.41 Å². The number of hydrogen-bond acceptors (Lipinski definition) is 5. The van der Waals surface area contributed by atoms with E-state index in [9.17, 15) is 5.11 Å². The Morgan fingerprint density at radius 3 is 2.72 bits per heavy atom. The summed E-state index contributed by atoms with van der Waals surface area (Å²) in [6, 6.07) is 0.216. The van der Waals surface area contributed by atoms with Crippen molar-refractivity contribution in [3.05, 3.63) is 5.82 Å². The largest absolute Gasteiger partial charge is 0.394 e. The summed E-state index contributed by atoms with van der Waals surface area (Å²) in [6.45, 7) is 7.59. The molecule has 1 saturated heterocycles. The molecule has 0 saturated carbocycles. The van der Waals surface area contributed by atoms with Crippen molar-refractivity contribution in [1.29, 1.82) is 0 Å². The van der Waals surface area contributed by atoms with Gasteiger partial charge in [0, 0.05) is 23.5 Å². The van der Waals surface area contributed by atoms with Crippen molar-refractivity contribution in [3.63, 3.8) is 0 Å². The average molecular weight is 269 g/mol. The second kappa shape index (κ2) is 5.53. The maximum atomic E-state index is 9.53. The van der Waals surface area contributed by atoms with E-state index in [1.165, 1.54) is 30.8 Å². The fourth-order valence-corrected chi connectivity index (χ4v) is 3.21. The van der Waals surface area contributed by atoms with Crippen molar-refractivity contribution in [2.45, 2.75) is 57.9 Å². The molecule has 0 bridgehead atoms. The van der Waals surface area contributed by atoms with Crippen LogP contribution >= 0.6 is 11.5 Å². The topological polar surface area (TPSA) is 49.2 Å². The van der Waals surface area contributed by atoms with E-state index in [0.717, 1.165) is 23.9 Å². The van der Waals surface area contributed by atoms with Crippen molar-refractivity contribution in [3.8, 4) is 0 Å². The van der Waals surface area contributed by atoms with Crippen molar-refractivity contribution in [2.75, 3.05) is 18.1 Å². The van der Waals surface area contributed by atoms with Gasteiger partial charge < -0.3 is 10.0 Å². The first-order valence-corrected chi connectivity index (χ1v) is 7.51. The highest BCUT2D eigenvalue weighted by Crippen LogP contribution is 2.29. The highest BCUT2D eigenvalue weighted by Gasteiger charge is 2.26. The van der Waals surface area contributed by atoms with Gasteiger partial charge in [-0.3, -0.25) is 0 Å². The van der Waals surface area contributed by atoms with Crippen LogP contribution in [0.4, 0.5) is 5.13 Å². The zero-order valence-corrected chi connectivity index (χ0v) is 12.3. The van der Waals surface area contributed by atoms with E-state index in [0.29, 0.717) is 0 Å². The molecule has 2 heterocycles. The SMILES string of the molecule is CC(C)(C)c1nsc(N2CCCCCC2CO)n1. The number of aromatic nitrogens is 2. The number of rotatable bonds is 2. The third-order valence-corrected chi connectivity index (χ3v) is 4.17. The Morgan fingerprint density at radius 1 is 1.33 bits per heavy atom. The normalized spacial score (nSPS) is 22.0. The Kier molecular flexibility index (Phi) is 4.22. The highest BCUT2D eigenvalue weighted by molar-refractivity contribution is 7.09. The number of aliphatic hydroxyl groups excluding tert-OH is 1. The number of anilines is 1. The third kappa shape index (κ3) is 3.01. The molecule has 102 valence electrons. The minimum absolute atomic E-state index is 0.00465. The van der Waals surface area contributed by atoms with E-state index in [1.807, 2.05) is 0 Å². The molecule has 0 radical (unpaired) electrons. The summed E-state index contributed by atoms with van der Waals surface area (Å²) in [6.07, 6.45) is 4.69. The molecule has 5 heteroatoms. The van der Waals surface area contributed by atoms with Crippen LogP contribution in [0.15, 0.2) is 0 Å². The van der Waals surface area contributed by atoms with E-state index in [1.54, 1.807) is 0 Å². The molecule has 1 aromatic heterocycles. The van der Waals surface area contributed by atoms with Crippen molar-refractivity contribution < 1.29 is 5.11 Å². The van der Waals surface area contributed by atoms with Crippen molar-refractivity contribution >= 4 is 16.7 Å². The third-order valence-electron chi connectivity index (χ3n) is 3.42. The fraction of sp³-hybridized carbons (Fsp3) is 0.846. The summed E-state index contributed by atoms with van der Waals surface area (Å²) in [7, 11) is 0. The Bertz CT molecular complexity index is 386. The van der Waals surface area contributed by atoms with Crippen molar-refractivity contribution in [1.82, 2.24) is 9.36 Å². The Morgan fingerprint density at radius 2 is 2.11 bits per heavy atom. The molecule has 1 aliphatic rings. The maximum Gasteiger partial charge on any atom is 0.205 e. The Balaban J connectivity index is 2.20. The first-order chi connectivity index (χ1) is 8.52. The van der Waals surface area contributed by atoms with E-state index in [2.05, 4.69) is 35.0 Å². The molecule has 0 aliphatic carbocycles. The van der Waals surface area contributed by atoms with E-state index < -0.39 is 0 Å². The highest BCUT2D eigenvalue weighted by atomic mass is 32.1. The number of aliphatic hydroxyl groups is 1. The monoisotopic (exact) mass is 269 g/mol. The fourth-order valence-electron chi connectivity index (χ4n) is 2.26. The van der Waals surface area contributed by atoms with Gasteiger partial charge in [-0.2, -0.15) is 4.37 Å². The van der Waals surface area contributed by atoms with Crippen LogP contribution < -0.4 is 4.90 Å². The molecule has 18 heavy (non-hydrogen) atoms. The molecule has 1 unspecified atom stereocenters. The molecule has 1 fully saturated rings. The van der Waals surface area contributed by atoms with Crippen LogP contribution in [0.25, 0.3) is 0 Å². The van der Waals surface area contributed by atoms with Crippen LogP contribution in [0, 0.1) is 0 Å². The van der Waals surface area contributed by atoms with Crippen LogP contribution in [0.1, 0.15) is 52.3 Å². The lowest BCUT2D eigenvalue weighted by Gasteiger charge is -2.27. The van der Waals surface area contributed by atoms with Gasteiger partial charge in [-0.1, -0.05) is 33.6 Å². The first kappa shape index (κ1) is 13.7. The molecule has 1 aromatic rings. The predicted molar refractivity (Wildman–Crippen MR) is 75.3 cm³/mol. The lowest BCUT2D eigenvalue weighted by Crippen LogP contribution is -2.37. The lowest BCUT2D eigenvalue weighted by atomic mass is 9.96. The summed E-state index contributed by atoms with van der Waals surface area (Å²) in [5.41, 5.74) is -0.00465. The molecule has 1 aliphatic heterocycles. The first-order valence-electron chi connectivity index (χ1n) is 6.74. The summed E-state index contributed by atoms with van der Waals surface area (Å²) < 4.78 is 4.47. The molecule has 1 N–H and O–H groups in total. The van der Waals surface area contributed by atoms with Crippen LogP contribution in [0.3, 0.4) is 0 Å². The van der Waals surface area contributed by atoms with Gasteiger partial charge in [0.1, 0.15) is 5.82 Å². The van der Waals surface area contributed by atoms with Crippen molar-refractivity contribution in [2.24, 2.45) is 0 Å². The van der Waals surface area contributed by atoms with Gasteiger partial charge in [-0.05, 0) is 12.8 Å². The molecule has 0 amide bonds. The molecular weight excluding hydrogens is 246 g/mol. The van der Waals surface area contributed by atoms with Crippen LogP contribution in [0.2, 0.25) is 0 Å². The van der Waals surface area contributed by atoms with E-state index >= 15 is 0 Å². The van der Waals surface area contributed by atoms with E-state index in [4.69, 9.17) is 0 Å². The zero-order valence-electron chi connectivity index (χ0n) is 11.5. The lowest BCUT2D eigenvalue weighted by molar-refractivity contribution is 0.255. The van der Waals surface area contributed by atoms with Gasteiger partial charge in [-0.15, -0.1) is 0 Å². The molecule has 1 atom stereocenters.